The first-order valence-corrected chi connectivity index (χ1v) is 8.17. The van der Waals surface area contributed by atoms with Crippen molar-refractivity contribution in [1.29, 1.82) is 0 Å². The van der Waals surface area contributed by atoms with Crippen molar-refractivity contribution in [2.75, 3.05) is 13.3 Å². The van der Waals surface area contributed by atoms with E-state index in [1.165, 1.54) is 17.0 Å². The Morgan fingerprint density at radius 1 is 1.00 bits per heavy atom. The lowest BCUT2D eigenvalue weighted by Crippen LogP contribution is -2.04. The fraction of sp³-hybridized carbons (Fsp3) is 0.200. The summed E-state index contributed by atoms with van der Waals surface area (Å²) in [6, 6.07) is 19.1. The Balaban J connectivity index is 1.99. The van der Waals surface area contributed by atoms with Crippen LogP contribution in [0.5, 0.6) is 5.75 Å². The quantitative estimate of drug-likeness (QED) is 0.590. The standard InChI is InChI=1S/C15H18BOP/c1-17-15-10-6-5-7-13(15)11-12-18(16)14-8-3-2-4-9-14/h2-10H,11-12,16H2,1H3. The van der Waals surface area contributed by atoms with Crippen LogP contribution < -0.4 is 10.0 Å². The van der Waals surface area contributed by atoms with Crippen LogP contribution in [0.2, 0.25) is 0 Å². The summed E-state index contributed by atoms with van der Waals surface area (Å²) in [5.41, 5.74) is 1.31. The first-order valence-electron chi connectivity index (χ1n) is 6.19. The molecule has 0 spiro atoms. The number of para-hydroxylation sites is 1. The summed E-state index contributed by atoms with van der Waals surface area (Å²) < 4.78 is 5.39. The van der Waals surface area contributed by atoms with Crippen LogP contribution in [-0.4, -0.2) is 20.8 Å². The highest BCUT2D eigenvalue weighted by molar-refractivity contribution is 7.88. The van der Waals surface area contributed by atoms with Gasteiger partial charge in [-0.15, -0.1) is 7.80 Å². The first kappa shape index (κ1) is 13.2. The second-order valence-corrected chi connectivity index (χ2v) is 6.68. The van der Waals surface area contributed by atoms with Crippen molar-refractivity contribution in [2.24, 2.45) is 0 Å². The van der Waals surface area contributed by atoms with Gasteiger partial charge < -0.3 is 4.74 Å². The molecule has 0 radical (unpaired) electrons. The predicted molar refractivity (Wildman–Crippen MR) is 83.1 cm³/mol. The number of aryl methyl sites for hydroxylation is 1. The maximum Gasteiger partial charge on any atom is 0.139 e. The molecule has 0 fully saturated rings. The van der Waals surface area contributed by atoms with Gasteiger partial charge in [0.05, 0.1) is 7.11 Å². The SMILES string of the molecule is BP(CCc1ccccc1OC)c1ccccc1. The molecule has 3 heteroatoms. The van der Waals surface area contributed by atoms with Gasteiger partial charge in [-0.25, -0.2) is 0 Å². The van der Waals surface area contributed by atoms with Crippen molar-refractivity contribution < 1.29 is 4.74 Å². The van der Waals surface area contributed by atoms with Crippen molar-refractivity contribution in [2.45, 2.75) is 6.42 Å². The van der Waals surface area contributed by atoms with E-state index in [2.05, 4.69) is 50.0 Å². The predicted octanol–water partition coefficient (Wildman–Crippen LogP) is 2.59. The number of benzene rings is 2. The third-order valence-electron chi connectivity index (χ3n) is 3.11. The second kappa shape index (κ2) is 6.61. The number of ether oxygens (including phenoxy) is 1. The molecule has 0 saturated heterocycles. The van der Waals surface area contributed by atoms with Gasteiger partial charge in [0.1, 0.15) is 13.3 Å². The molecule has 18 heavy (non-hydrogen) atoms. The molecule has 0 amide bonds. The summed E-state index contributed by atoms with van der Waals surface area (Å²) >= 11 is 0. The smallest absolute Gasteiger partial charge is 0.139 e. The van der Waals surface area contributed by atoms with Gasteiger partial charge in [0.15, 0.2) is 0 Å². The minimum Gasteiger partial charge on any atom is -0.496 e. The monoisotopic (exact) mass is 256 g/mol. The van der Waals surface area contributed by atoms with Gasteiger partial charge in [0.2, 0.25) is 0 Å². The minimum atomic E-state index is -0.0723. The van der Waals surface area contributed by atoms with Crippen LogP contribution in [0.1, 0.15) is 5.56 Å². The molecule has 0 aromatic heterocycles. The van der Waals surface area contributed by atoms with Crippen LogP contribution in [0.25, 0.3) is 0 Å². The van der Waals surface area contributed by atoms with Crippen molar-refractivity contribution in [3.63, 3.8) is 0 Å². The highest BCUT2D eigenvalue weighted by Crippen LogP contribution is 2.30. The Labute approximate surface area is 111 Å². The maximum atomic E-state index is 5.39. The topological polar surface area (TPSA) is 9.23 Å². The van der Waals surface area contributed by atoms with Crippen LogP contribution in [-0.2, 0) is 6.42 Å². The molecular formula is C15H18BOP. The minimum absolute atomic E-state index is 0.0723. The van der Waals surface area contributed by atoms with Gasteiger partial charge >= 0.3 is 0 Å². The Hall–Kier alpha value is -1.27. The summed E-state index contributed by atoms with van der Waals surface area (Å²) in [5.74, 6) is 1.01. The molecule has 0 N–H and O–H groups in total. The molecule has 1 atom stereocenters. The third-order valence-corrected chi connectivity index (χ3v) is 5.18. The Morgan fingerprint density at radius 3 is 2.39 bits per heavy atom. The summed E-state index contributed by atoms with van der Waals surface area (Å²) in [6.07, 6.45) is 2.29. The molecule has 0 aliphatic carbocycles. The Bertz CT molecular complexity index is 487. The van der Waals surface area contributed by atoms with Gasteiger partial charge in [0.25, 0.3) is 0 Å². The number of hydrogen-bond acceptors (Lipinski definition) is 1. The van der Waals surface area contributed by atoms with Crippen LogP contribution in [0.15, 0.2) is 54.6 Å². The van der Waals surface area contributed by atoms with E-state index < -0.39 is 0 Å². The van der Waals surface area contributed by atoms with Gasteiger partial charge in [-0.3, -0.25) is 0 Å². The van der Waals surface area contributed by atoms with Crippen LogP contribution in [0, 0.1) is 0 Å². The molecule has 2 aromatic carbocycles. The van der Waals surface area contributed by atoms with E-state index in [4.69, 9.17) is 4.74 Å². The lowest BCUT2D eigenvalue weighted by atomic mass is 10.1. The van der Waals surface area contributed by atoms with Crippen LogP contribution >= 0.6 is 7.80 Å². The molecule has 0 aliphatic heterocycles. The Kier molecular flexibility index (Phi) is 4.84. The largest absolute Gasteiger partial charge is 0.496 e. The van der Waals surface area contributed by atoms with E-state index in [1.54, 1.807) is 7.11 Å². The van der Waals surface area contributed by atoms with E-state index in [-0.39, 0.29) is 7.80 Å². The van der Waals surface area contributed by atoms with Crippen LogP contribution in [0.3, 0.4) is 0 Å². The molecule has 0 saturated carbocycles. The third kappa shape index (κ3) is 3.37. The zero-order valence-electron chi connectivity index (χ0n) is 11.0. The molecule has 0 bridgehead atoms. The number of methoxy groups -OCH3 is 1. The van der Waals surface area contributed by atoms with Gasteiger partial charge in [-0.1, -0.05) is 48.5 Å². The zero-order chi connectivity index (χ0) is 12.8. The molecule has 2 aromatic rings. The van der Waals surface area contributed by atoms with Gasteiger partial charge in [0, 0.05) is 0 Å². The molecular weight excluding hydrogens is 238 g/mol. The van der Waals surface area contributed by atoms with Crippen molar-refractivity contribution in [3.8, 4) is 5.75 Å². The normalized spacial score (nSPS) is 12.1. The van der Waals surface area contributed by atoms with E-state index >= 15 is 0 Å². The highest BCUT2D eigenvalue weighted by Gasteiger charge is 2.06. The maximum absolute atomic E-state index is 5.39. The van der Waals surface area contributed by atoms with Crippen molar-refractivity contribution >= 4 is 20.7 Å². The lowest BCUT2D eigenvalue weighted by molar-refractivity contribution is 0.410. The molecule has 92 valence electrons. The highest BCUT2D eigenvalue weighted by atomic mass is 31.1. The van der Waals surface area contributed by atoms with Crippen molar-refractivity contribution in [1.82, 2.24) is 0 Å². The average Bonchev–Trinajstić information content (AvgIpc) is 2.46. The number of hydrogen-bond donors (Lipinski definition) is 0. The molecule has 1 nitrogen and oxygen atoms in total. The van der Waals surface area contributed by atoms with E-state index in [0.717, 1.165) is 12.2 Å². The average molecular weight is 256 g/mol. The fourth-order valence-electron chi connectivity index (χ4n) is 2.01. The summed E-state index contributed by atoms with van der Waals surface area (Å²) in [5, 5.41) is 1.47. The first-order chi connectivity index (χ1) is 8.81. The summed E-state index contributed by atoms with van der Waals surface area (Å²) in [4.78, 5) is 0. The van der Waals surface area contributed by atoms with E-state index in [0.29, 0.717) is 0 Å². The number of rotatable bonds is 5. The summed E-state index contributed by atoms with van der Waals surface area (Å²) in [7, 11) is 4.02. The van der Waals surface area contributed by atoms with E-state index in [1.807, 2.05) is 12.1 Å². The fourth-order valence-corrected chi connectivity index (χ4v) is 3.52. The molecule has 0 heterocycles. The van der Waals surface area contributed by atoms with Crippen molar-refractivity contribution in [3.05, 3.63) is 60.2 Å². The summed E-state index contributed by atoms with van der Waals surface area (Å²) in [6.45, 7) is 0. The molecule has 2 rings (SSSR count). The Morgan fingerprint density at radius 2 is 1.67 bits per heavy atom. The molecule has 1 unspecified atom stereocenters. The van der Waals surface area contributed by atoms with Gasteiger partial charge in [-0.2, -0.15) is 0 Å². The molecule has 0 aliphatic rings. The zero-order valence-corrected chi connectivity index (χ0v) is 11.9. The van der Waals surface area contributed by atoms with Gasteiger partial charge in [-0.05, 0) is 29.5 Å². The van der Waals surface area contributed by atoms with E-state index in [9.17, 15) is 0 Å². The lowest BCUT2D eigenvalue weighted by Gasteiger charge is -2.14. The van der Waals surface area contributed by atoms with Crippen LogP contribution in [0.4, 0.5) is 0 Å². The second-order valence-electron chi connectivity index (χ2n) is 4.32.